The van der Waals surface area contributed by atoms with Gasteiger partial charge < -0.3 is 0 Å². The van der Waals surface area contributed by atoms with Gasteiger partial charge in [-0.05, 0) is 12.8 Å². The van der Waals surface area contributed by atoms with Crippen molar-refractivity contribution in [2.24, 2.45) is 0 Å². The monoisotopic (exact) mass is 276 g/mol. The van der Waals surface area contributed by atoms with E-state index in [0.29, 0.717) is 17.3 Å². The summed E-state index contributed by atoms with van der Waals surface area (Å²) in [5.41, 5.74) is 0. The van der Waals surface area contributed by atoms with Gasteiger partial charge in [-0.25, -0.2) is 4.39 Å². The third-order valence-corrected chi connectivity index (χ3v) is 2.52. The van der Waals surface area contributed by atoms with Crippen LogP contribution in [-0.2, 0) is 0 Å². The van der Waals surface area contributed by atoms with E-state index in [2.05, 4.69) is 0 Å². The van der Waals surface area contributed by atoms with Crippen molar-refractivity contribution in [3.63, 3.8) is 0 Å². The largest absolute Gasteiger partial charge is 0.251 e. The highest BCUT2D eigenvalue weighted by molar-refractivity contribution is 14.1. The summed E-state index contributed by atoms with van der Waals surface area (Å²) in [6.45, 7) is -0.231. The molecule has 0 saturated heterocycles. The molecule has 0 aliphatic heterocycles. The van der Waals surface area contributed by atoms with Crippen molar-refractivity contribution in [1.82, 2.24) is 0 Å². The highest BCUT2D eigenvalue weighted by Crippen LogP contribution is 2.10. The second-order valence-electron chi connectivity index (χ2n) is 2.64. The Balaban J connectivity index is 2.89. The van der Waals surface area contributed by atoms with Crippen molar-refractivity contribution >= 4 is 22.6 Å². The summed E-state index contributed by atoms with van der Waals surface area (Å²) in [6.07, 6.45) is 3.42. The van der Waals surface area contributed by atoms with Crippen LogP contribution in [0.4, 0.5) is 8.78 Å². The van der Waals surface area contributed by atoms with Crippen molar-refractivity contribution in [2.45, 2.75) is 38.3 Å². The Morgan fingerprint density at radius 2 is 1.73 bits per heavy atom. The van der Waals surface area contributed by atoms with Gasteiger partial charge >= 0.3 is 0 Å². The maximum Gasteiger partial charge on any atom is 0.109 e. The summed E-state index contributed by atoms with van der Waals surface area (Å²) in [7, 11) is 0. The molecule has 0 rings (SSSR count). The lowest BCUT2D eigenvalue weighted by atomic mass is 10.1. The van der Waals surface area contributed by atoms with E-state index in [1.54, 1.807) is 0 Å². The third kappa shape index (κ3) is 8.50. The van der Waals surface area contributed by atoms with Crippen LogP contribution in [0.25, 0.3) is 0 Å². The molecule has 0 aliphatic rings. The number of alkyl halides is 3. The molecule has 0 aliphatic carbocycles. The van der Waals surface area contributed by atoms with Crippen LogP contribution >= 0.6 is 22.6 Å². The van der Waals surface area contributed by atoms with Gasteiger partial charge in [-0.3, -0.25) is 4.39 Å². The molecule has 0 radical (unpaired) electrons. The maximum atomic E-state index is 12.6. The molecule has 0 saturated carbocycles. The molecule has 0 aromatic rings. The number of hydrogen-bond donors (Lipinski definition) is 0. The first-order chi connectivity index (χ1) is 5.31. The fourth-order valence-electron chi connectivity index (χ4n) is 0.891. The summed E-state index contributed by atoms with van der Waals surface area (Å²) in [4.78, 5) is 0. The lowest BCUT2D eigenvalue weighted by Crippen LogP contribution is -2.00. The van der Waals surface area contributed by atoms with E-state index in [1.807, 2.05) is 22.6 Å². The third-order valence-electron chi connectivity index (χ3n) is 1.57. The summed E-state index contributed by atoms with van der Waals surface area (Å²) in [5, 5.41) is 0. The molecule has 0 aromatic carbocycles. The van der Waals surface area contributed by atoms with Crippen LogP contribution in [0.2, 0.25) is 0 Å². The van der Waals surface area contributed by atoms with E-state index in [0.717, 1.165) is 19.3 Å². The SMILES string of the molecule is FCCCCCCC(F)CI. The zero-order chi connectivity index (χ0) is 8.53. The minimum atomic E-state index is -0.652. The van der Waals surface area contributed by atoms with Gasteiger partial charge in [0.05, 0.1) is 6.67 Å². The molecule has 0 nitrogen and oxygen atoms in total. The van der Waals surface area contributed by atoms with E-state index >= 15 is 0 Å². The van der Waals surface area contributed by atoms with Gasteiger partial charge in [-0.2, -0.15) is 0 Å². The topological polar surface area (TPSA) is 0 Å². The Morgan fingerprint density at radius 3 is 2.27 bits per heavy atom. The molecule has 0 amide bonds. The van der Waals surface area contributed by atoms with Gasteiger partial charge in [0.25, 0.3) is 0 Å². The molecule has 0 heterocycles. The summed E-state index contributed by atoms with van der Waals surface area (Å²) in [5.74, 6) is 0. The highest BCUT2D eigenvalue weighted by atomic mass is 127. The van der Waals surface area contributed by atoms with Crippen LogP contribution in [0.5, 0.6) is 0 Å². The molecule has 0 spiro atoms. The maximum absolute atomic E-state index is 12.6. The molecule has 0 aromatic heterocycles. The predicted octanol–water partition coefficient (Wildman–Crippen LogP) is 3.68. The van der Waals surface area contributed by atoms with Crippen molar-refractivity contribution in [3.05, 3.63) is 0 Å². The van der Waals surface area contributed by atoms with E-state index in [1.165, 1.54) is 0 Å². The summed E-state index contributed by atoms with van der Waals surface area (Å²) >= 11 is 2.05. The zero-order valence-electron chi connectivity index (χ0n) is 6.66. The molecule has 0 N–H and O–H groups in total. The standard InChI is InChI=1S/C8H15F2I/c9-6-4-2-1-3-5-8(10)7-11/h8H,1-7H2. The summed E-state index contributed by atoms with van der Waals surface area (Å²) < 4.78 is 24.7. The minimum absolute atomic E-state index is 0.231. The van der Waals surface area contributed by atoms with Gasteiger partial charge in [-0.15, -0.1) is 0 Å². The Morgan fingerprint density at radius 1 is 1.09 bits per heavy atom. The Kier molecular flexibility index (Phi) is 9.15. The number of unbranched alkanes of at least 4 members (excludes halogenated alkanes) is 3. The zero-order valence-corrected chi connectivity index (χ0v) is 8.82. The predicted molar refractivity (Wildman–Crippen MR) is 52.8 cm³/mol. The minimum Gasteiger partial charge on any atom is -0.251 e. The van der Waals surface area contributed by atoms with Gasteiger partial charge in [0.15, 0.2) is 0 Å². The second-order valence-corrected chi connectivity index (χ2v) is 3.52. The Labute approximate surface area is 80.9 Å². The molecule has 0 bridgehead atoms. The molecular weight excluding hydrogens is 261 g/mol. The molecule has 3 heteroatoms. The molecule has 68 valence electrons. The second kappa shape index (κ2) is 8.68. The lowest BCUT2D eigenvalue weighted by molar-refractivity contribution is 0.337. The average molecular weight is 276 g/mol. The first kappa shape index (κ1) is 11.6. The number of hydrogen-bond acceptors (Lipinski definition) is 0. The van der Waals surface area contributed by atoms with E-state index in [4.69, 9.17) is 0 Å². The quantitative estimate of drug-likeness (QED) is 0.378. The van der Waals surface area contributed by atoms with Gasteiger partial charge in [0.2, 0.25) is 0 Å². The first-order valence-electron chi connectivity index (χ1n) is 4.07. The van der Waals surface area contributed by atoms with E-state index in [9.17, 15) is 8.78 Å². The van der Waals surface area contributed by atoms with Crippen molar-refractivity contribution in [1.29, 1.82) is 0 Å². The van der Waals surface area contributed by atoms with E-state index < -0.39 is 6.17 Å². The average Bonchev–Trinajstić information content (AvgIpc) is 2.04. The fraction of sp³-hybridized carbons (Fsp3) is 1.00. The first-order valence-corrected chi connectivity index (χ1v) is 5.59. The molecule has 1 atom stereocenters. The smallest absolute Gasteiger partial charge is 0.109 e. The normalized spacial score (nSPS) is 13.4. The van der Waals surface area contributed by atoms with E-state index in [-0.39, 0.29) is 6.67 Å². The van der Waals surface area contributed by atoms with Gasteiger partial charge in [0.1, 0.15) is 6.17 Å². The molecule has 1 unspecified atom stereocenters. The molecule has 0 fully saturated rings. The van der Waals surface area contributed by atoms with Crippen molar-refractivity contribution in [3.8, 4) is 0 Å². The van der Waals surface area contributed by atoms with Crippen LogP contribution in [0.1, 0.15) is 32.1 Å². The number of halogens is 3. The molecule has 11 heavy (non-hydrogen) atoms. The highest BCUT2D eigenvalue weighted by Gasteiger charge is 2.02. The van der Waals surface area contributed by atoms with Crippen molar-refractivity contribution < 1.29 is 8.78 Å². The van der Waals surface area contributed by atoms with Crippen LogP contribution in [0.15, 0.2) is 0 Å². The van der Waals surface area contributed by atoms with Crippen LogP contribution in [0, 0.1) is 0 Å². The Bertz CT molecular complexity index is 78.5. The number of rotatable bonds is 7. The fourth-order valence-corrected chi connectivity index (χ4v) is 1.33. The van der Waals surface area contributed by atoms with Crippen LogP contribution < -0.4 is 0 Å². The van der Waals surface area contributed by atoms with Gasteiger partial charge in [-0.1, -0.05) is 41.9 Å². The molecular formula is C8H15F2I. The Hall–Kier alpha value is 0.590. The van der Waals surface area contributed by atoms with Crippen molar-refractivity contribution in [2.75, 3.05) is 11.1 Å². The van der Waals surface area contributed by atoms with Crippen LogP contribution in [-0.4, -0.2) is 17.3 Å². The van der Waals surface area contributed by atoms with Gasteiger partial charge in [0, 0.05) is 4.43 Å². The lowest BCUT2D eigenvalue weighted by Gasteiger charge is -2.02. The van der Waals surface area contributed by atoms with Crippen LogP contribution in [0.3, 0.4) is 0 Å². The summed E-state index contributed by atoms with van der Waals surface area (Å²) in [6, 6.07) is 0.